The van der Waals surface area contributed by atoms with E-state index in [-0.39, 0.29) is 17.7 Å². The van der Waals surface area contributed by atoms with Crippen molar-refractivity contribution in [3.8, 4) is 0 Å². The highest BCUT2D eigenvalue weighted by Gasteiger charge is 2.63. The number of nitrogens with one attached hydrogen (secondary N) is 2. The Morgan fingerprint density at radius 1 is 1.69 bits per heavy atom. The molecule has 0 saturated heterocycles. The van der Waals surface area contributed by atoms with Crippen molar-refractivity contribution < 1.29 is 11.0 Å². The van der Waals surface area contributed by atoms with Crippen LogP contribution in [0.25, 0.3) is 5.73 Å². The third-order valence-corrected chi connectivity index (χ3v) is 3.01. The monoisotopic (exact) mass is 181 g/mol. The third-order valence-electron chi connectivity index (χ3n) is 3.01. The van der Waals surface area contributed by atoms with E-state index in [1.165, 1.54) is 7.41 Å². The van der Waals surface area contributed by atoms with Crippen molar-refractivity contribution in [1.29, 1.82) is 0 Å². The molecule has 3 atom stereocenters. The predicted octanol–water partition coefficient (Wildman–Crippen LogP) is 0.621. The fourth-order valence-electron chi connectivity index (χ4n) is 1.79. The molecule has 0 heterocycles. The number of amides is 2. The zero-order valence-electron chi connectivity index (χ0n) is 9.00. The average Bonchev–Trinajstić information content (AvgIpc) is 2.70. The highest BCUT2D eigenvalue weighted by Crippen LogP contribution is 2.58. The van der Waals surface area contributed by atoms with Crippen molar-refractivity contribution in [1.82, 2.24) is 5.23 Å². The van der Waals surface area contributed by atoms with Gasteiger partial charge in [-0.2, -0.15) is 0 Å². The second-order valence-electron chi connectivity index (χ2n) is 3.65. The molecule has 0 aromatic heterocycles. The molecule has 1 saturated carbocycles. The maximum Gasteiger partial charge on any atom is 0.242 e. The molecule has 1 aliphatic rings. The Morgan fingerprint density at radius 3 is 2.77 bits per heavy atom. The SMILES string of the molecule is [2H][N-]C(=O)[C@]1(C)C(C)[C@@H]1C(=O)N[B]C. The molecule has 1 fully saturated rings. The molecule has 0 aromatic carbocycles. The second kappa shape index (κ2) is 3.05. The Balaban J connectivity index is 2.69. The summed E-state index contributed by atoms with van der Waals surface area (Å²) in [5.41, 5.74) is 2.12. The van der Waals surface area contributed by atoms with Gasteiger partial charge >= 0.3 is 0 Å². The fraction of sp³-hybridized carbons (Fsp3) is 0.750. The number of rotatable bonds is 3. The summed E-state index contributed by atoms with van der Waals surface area (Å²) in [4.78, 5) is 22.7. The van der Waals surface area contributed by atoms with E-state index in [0.29, 0.717) is 0 Å². The molecule has 4 nitrogen and oxygen atoms in total. The lowest BCUT2D eigenvalue weighted by atomic mass is 9.98. The summed E-state index contributed by atoms with van der Waals surface area (Å²) in [6, 6.07) is 0. The van der Waals surface area contributed by atoms with E-state index in [1.54, 1.807) is 13.7 Å². The first-order valence-electron chi connectivity index (χ1n) is 4.72. The highest BCUT2D eigenvalue weighted by atomic mass is 16.2. The van der Waals surface area contributed by atoms with Gasteiger partial charge in [0.1, 0.15) is 0 Å². The van der Waals surface area contributed by atoms with E-state index in [4.69, 9.17) is 1.41 Å². The molecule has 0 spiro atoms. The molecule has 13 heavy (non-hydrogen) atoms. The van der Waals surface area contributed by atoms with Crippen molar-refractivity contribution >= 4 is 19.2 Å². The molecule has 2 amide bonds. The maximum atomic E-state index is 11.5. The highest BCUT2D eigenvalue weighted by molar-refractivity contribution is 6.35. The van der Waals surface area contributed by atoms with Gasteiger partial charge in [0.15, 0.2) is 0 Å². The third kappa shape index (κ3) is 1.32. The minimum absolute atomic E-state index is 0.0379. The Morgan fingerprint density at radius 2 is 2.31 bits per heavy atom. The molecule has 0 aliphatic heterocycles. The summed E-state index contributed by atoms with van der Waals surface area (Å²) in [6.07, 6.45) is 0. The summed E-state index contributed by atoms with van der Waals surface area (Å²) in [6.45, 7) is 5.21. The van der Waals surface area contributed by atoms with Crippen molar-refractivity contribution in [3.05, 3.63) is 5.73 Å². The lowest BCUT2D eigenvalue weighted by Crippen LogP contribution is -2.29. The van der Waals surface area contributed by atoms with Crippen LogP contribution >= 0.6 is 0 Å². The molecule has 0 aromatic rings. The first-order chi connectivity index (χ1) is 6.50. The van der Waals surface area contributed by atoms with Crippen LogP contribution in [0.2, 0.25) is 8.23 Å². The van der Waals surface area contributed by atoms with Crippen LogP contribution in [-0.2, 0) is 9.59 Å². The van der Waals surface area contributed by atoms with E-state index < -0.39 is 11.3 Å². The first-order valence-corrected chi connectivity index (χ1v) is 4.27. The normalized spacial score (nSPS) is 37.3. The van der Waals surface area contributed by atoms with Crippen LogP contribution in [0.4, 0.5) is 0 Å². The van der Waals surface area contributed by atoms with Crippen molar-refractivity contribution in [2.45, 2.75) is 20.7 Å². The Bertz CT molecular complexity index is 274. The van der Waals surface area contributed by atoms with Gasteiger partial charge in [0.25, 0.3) is 0 Å². The van der Waals surface area contributed by atoms with Gasteiger partial charge in [0.05, 0.1) is 11.8 Å². The van der Waals surface area contributed by atoms with Gasteiger partial charge in [0.2, 0.25) is 13.3 Å². The topological polar surface area (TPSA) is 70.0 Å². The lowest BCUT2D eigenvalue weighted by Gasteiger charge is -2.11. The van der Waals surface area contributed by atoms with Gasteiger partial charge in [-0.05, 0) is 5.92 Å². The van der Waals surface area contributed by atoms with Gasteiger partial charge in [-0.25, -0.2) is 0 Å². The molecule has 2 N–H and O–H groups in total. The van der Waals surface area contributed by atoms with Crippen LogP contribution in [0.5, 0.6) is 0 Å². The van der Waals surface area contributed by atoms with Gasteiger partial charge in [-0.3, -0.25) is 4.79 Å². The van der Waals surface area contributed by atoms with Crippen LogP contribution in [0, 0.1) is 17.3 Å². The maximum absolute atomic E-state index is 11.5. The molecule has 1 rings (SSSR count). The largest absolute Gasteiger partial charge is 0.667 e. The van der Waals surface area contributed by atoms with Crippen LogP contribution in [0.3, 0.4) is 0 Å². The van der Waals surface area contributed by atoms with Crippen molar-refractivity contribution in [2.75, 3.05) is 0 Å². The Labute approximate surface area is 80.0 Å². The quantitative estimate of drug-likeness (QED) is 0.648. The first kappa shape index (κ1) is 8.60. The Hall–Kier alpha value is -0.995. The number of carbonyl (C=O) groups excluding carboxylic acids is 2. The van der Waals surface area contributed by atoms with E-state index in [1.807, 2.05) is 6.92 Å². The minimum Gasteiger partial charge on any atom is -0.667 e. The van der Waals surface area contributed by atoms with Crippen molar-refractivity contribution in [2.24, 2.45) is 17.3 Å². The zero-order valence-corrected chi connectivity index (χ0v) is 8.00. The van der Waals surface area contributed by atoms with Gasteiger partial charge < -0.3 is 15.7 Å². The molecule has 5 heteroatoms. The molecule has 0 bridgehead atoms. The molecule has 1 unspecified atom stereocenters. The summed E-state index contributed by atoms with van der Waals surface area (Å²) in [5.74, 6) is -1.06. The standard InChI is InChI=1S/C8H14BN2O2/c1-4-5(6(12)11-9-3)8(4,2)7(10)13/h4-5H,1-3H3,(H3,10,11,12,13)/p-1/t4?,5-,8-/m1/s1/i/hD. The number of carbonyl (C=O) groups is 2. The second-order valence-corrected chi connectivity index (χ2v) is 3.65. The van der Waals surface area contributed by atoms with E-state index in [2.05, 4.69) is 11.0 Å². The minimum atomic E-state index is -0.769. The molecule has 1 radical (unpaired) electrons. The molecular weight excluding hydrogens is 167 g/mol. The van der Waals surface area contributed by atoms with Crippen LogP contribution in [0.15, 0.2) is 0 Å². The summed E-state index contributed by atoms with van der Waals surface area (Å²) in [7, 11) is 1.54. The predicted molar refractivity (Wildman–Crippen MR) is 49.9 cm³/mol. The fourth-order valence-corrected chi connectivity index (χ4v) is 1.79. The van der Waals surface area contributed by atoms with E-state index in [0.717, 1.165) is 0 Å². The van der Waals surface area contributed by atoms with Crippen LogP contribution in [-0.4, -0.2) is 19.2 Å². The smallest absolute Gasteiger partial charge is 0.242 e. The van der Waals surface area contributed by atoms with Crippen molar-refractivity contribution in [3.63, 3.8) is 0 Å². The van der Waals surface area contributed by atoms with Gasteiger partial charge in [-0.15, -0.1) is 1.41 Å². The average molecular weight is 181 g/mol. The molecular formula is C8H13BN2O2-. The van der Waals surface area contributed by atoms with Gasteiger partial charge in [0, 0.05) is 5.41 Å². The summed E-state index contributed by atoms with van der Waals surface area (Å²) < 4.78 is 6.66. The summed E-state index contributed by atoms with van der Waals surface area (Å²) in [5, 5.41) is 2.55. The van der Waals surface area contributed by atoms with E-state index in [9.17, 15) is 9.59 Å². The molecule has 1 aliphatic carbocycles. The van der Waals surface area contributed by atoms with E-state index >= 15 is 0 Å². The lowest BCUT2D eigenvalue weighted by molar-refractivity contribution is -0.125. The number of hydrogen-bond donors (Lipinski definition) is 1. The zero-order chi connectivity index (χ0) is 10.9. The van der Waals surface area contributed by atoms with Gasteiger partial charge in [-0.1, -0.05) is 20.7 Å². The summed E-state index contributed by atoms with van der Waals surface area (Å²) >= 11 is 0. The molecule has 71 valence electrons. The number of hydrogen-bond acceptors (Lipinski definition) is 2. The van der Waals surface area contributed by atoms with Crippen LogP contribution in [0.1, 0.15) is 13.8 Å². The van der Waals surface area contributed by atoms with Crippen LogP contribution < -0.4 is 5.23 Å². The Kier molecular flexibility index (Phi) is 2.02.